The molecule has 0 bridgehead atoms. The van der Waals surface area contributed by atoms with E-state index in [1.807, 2.05) is 6.92 Å². The monoisotopic (exact) mass is 380 g/mol. The van der Waals surface area contributed by atoms with Gasteiger partial charge in [-0.15, -0.1) is 0 Å². The van der Waals surface area contributed by atoms with Crippen LogP contribution in [-0.4, -0.2) is 27.3 Å². The van der Waals surface area contributed by atoms with E-state index in [4.69, 9.17) is 4.74 Å². The summed E-state index contributed by atoms with van der Waals surface area (Å²) in [5.74, 6) is -0.384. The highest BCUT2D eigenvalue weighted by Crippen LogP contribution is 2.42. The summed E-state index contributed by atoms with van der Waals surface area (Å²) in [4.78, 5) is 16.8. The number of hydrogen-bond donors (Lipinski definition) is 1. The van der Waals surface area contributed by atoms with Gasteiger partial charge in [-0.1, -0.05) is 31.5 Å². The first-order chi connectivity index (χ1) is 12.9. The molecule has 0 radical (unpaired) electrons. The lowest BCUT2D eigenvalue weighted by Crippen LogP contribution is -2.31. The van der Waals surface area contributed by atoms with Gasteiger partial charge in [0.2, 0.25) is 5.95 Å². The second kappa shape index (κ2) is 7.42. The molecule has 9 heteroatoms. The third kappa shape index (κ3) is 3.54. The number of benzene rings is 1. The van der Waals surface area contributed by atoms with Gasteiger partial charge in [0.25, 0.3) is 0 Å². The first-order valence-electron chi connectivity index (χ1n) is 8.61. The van der Waals surface area contributed by atoms with Gasteiger partial charge in [0.1, 0.15) is 12.4 Å². The van der Waals surface area contributed by atoms with Crippen LogP contribution in [0.15, 0.2) is 41.9 Å². The van der Waals surface area contributed by atoms with E-state index in [9.17, 15) is 18.0 Å². The number of nitrogens with zero attached hydrogens (tertiary/aromatic N) is 3. The van der Waals surface area contributed by atoms with Crippen LogP contribution in [-0.2, 0) is 15.7 Å². The van der Waals surface area contributed by atoms with Crippen molar-refractivity contribution in [1.82, 2.24) is 14.8 Å². The predicted octanol–water partition coefficient (Wildman–Crippen LogP) is 3.93. The minimum absolute atomic E-state index is 0.0742. The minimum Gasteiger partial charge on any atom is -0.463 e. The second-order valence-corrected chi connectivity index (χ2v) is 6.00. The van der Waals surface area contributed by atoms with Gasteiger partial charge in [0, 0.05) is 5.70 Å². The van der Waals surface area contributed by atoms with Crippen molar-refractivity contribution >= 4 is 11.9 Å². The smallest absolute Gasteiger partial charge is 0.416 e. The molecule has 27 heavy (non-hydrogen) atoms. The van der Waals surface area contributed by atoms with Gasteiger partial charge >= 0.3 is 12.1 Å². The molecule has 1 aromatic carbocycles. The topological polar surface area (TPSA) is 69.0 Å². The number of allylic oxidation sites excluding steroid dienone is 1. The zero-order valence-electron chi connectivity index (χ0n) is 14.9. The largest absolute Gasteiger partial charge is 0.463 e. The molecule has 0 aliphatic carbocycles. The van der Waals surface area contributed by atoms with Gasteiger partial charge in [-0.3, -0.25) is 0 Å². The maximum atomic E-state index is 13.6. The zero-order valence-corrected chi connectivity index (χ0v) is 14.9. The maximum Gasteiger partial charge on any atom is 0.416 e. The summed E-state index contributed by atoms with van der Waals surface area (Å²) >= 11 is 0. The van der Waals surface area contributed by atoms with Crippen molar-refractivity contribution in [3.8, 4) is 0 Å². The normalized spacial score (nSPS) is 16.7. The third-order valence-electron chi connectivity index (χ3n) is 4.24. The van der Waals surface area contributed by atoms with Crippen LogP contribution >= 0.6 is 0 Å². The molecule has 3 rings (SSSR count). The van der Waals surface area contributed by atoms with Crippen LogP contribution in [0.1, 0.15) is 43.9 Å². The van der Waals surface area contributed by atoms with Crippen LogP contribution in [0.4, 0.5) is 19.1 Å². The number of rotatable bonds is 5. The van der Waals surface area contributed by atoms with Crippen LogP contribution < -0.4 is 5.32 Å². The number of hydrogen-bond acceptors (Lipinski definition) is 5. The SMILES string of the molecule is CCCC1=C(C(=O)OCC)C(c2ccccc2C(F)(F)F)n2ncnc2N1. The van der Waals surface area contributed by atoms with Crippen molar-refractivity contribution in [2.75, 3.05) is 11.9 Å². The molecule has 1 aliphatic heterocycles. The molecule has 0 amide bonds. The van der Waals surface area contributed by atoms with Gasteiger partial charge in [-0.2, -0.15) is 23.3 Å². The quantitative estimate of drug-likeness (QED) is 0.796. The number of nitrogens with one attached hydrogen (secondary N) is 1. The fourth-order valence-electron chi connectivity index (χ4n) is 3.19. The molecule has 1 unspecified atom stereocenters. The highest BCUT2D eigenvalue weighted by atomic mass is 19.4. The number of carbonyl (C=O) groups excluding carboxylic acids is 1. The maximum absolute atomic E-state index is 13.6. The number of ether oxygens (including phenoxy) is 1. The standard InChI is InChI=1S/C18H19F3N4O2/c1-3-7-13-14(16(26)27-4-2)15(25-17(24-13)22-10-23-25)11-8-5-6-9-12(11)18(19,20)21/h5-6,8-10,15H,3-4,7H2,1-2H3,(H,22,23,24). The molecule has 0 spiro atoms. The van der Waals surface area contributed by atoms with Crippen molar-refractivity contribution in [3.63, 3.8) is 0 Å². The Labute approximate surface area is 154 Å². The highest BCUT2D eigenvalue weighted by Gasteiger charge is 2.41. The summed E-state index contributed by atoms with van der Waals surface area (Å²) < 4.78 is 47.3. The molecule has 1 aliphatic rings. The lowest BCUT2D eigenvalue weighted by atomic mass is 9.90. The average molecular weight is 380 g/mol. The van der Waals surface area contributed by atoms with E-state index in [2.05, 4.69) is 15.4 Å². The summed E-state index contributed by atoms with van der Waals surface area (Å²) in [6, 6.07) is 4.09. The Morgan fingerprint density at radius 2 is 2.04 bits per heavy atom. The Hall–Kier alpha value is -2.84. The Morgan fingerprint density at radius 1 is 1.30 bits per heavy atom. The lowest BCUT2D eigenvalue weighted by Gasteiger charge is -2.30. The molecular weight excluding hydrogens is 361 g/mol. The van der Waals surface area contributed by atoms with E-state index >= 15 is 0 Å². The Bertz CT molecular complexity index is 873. The fourth-order valence-corrected chi connectivity index (χ4v) is 3.19. The van der Waals surface area contributed by atoms with Crippen molar-refractivity contribution in [2.24, 2.45) is 0 Å². The summed E-state index contributed by atoms with van der Waals surface area (Å²) in [5.41, 5.74) is -0.280. The fraction of sp³-hybridized carbons (Fsp3) is 0.389. The van der Waals surface area contributed by atoms with E-state index in [-0.39, 0.29) is 23.7 Å². The summed E-state index contributed by atoms with van der Waals surface area (Å²) in [6.45, 7) is 3.67. The first-order valence-corrected chi connectivity index (χ1v) is 8.61. The van der Waals surface area contributed by atoms with Crippen LogP contribution in [0.5, 0.6) is 0 Å². The molecule has 1 N–H and O–H groups in total. The average Bonchev–Trinajstić information content (AvgIpc) is 3.08. The van der Waals surface area contributed by atoms with Gasteiger partial charge in [0.05, 0.1) is 17.7 Å². The second-order valence-electron chi connectivity index (χ2n) is 6.00. The van der Waals surface area contributed by atoms with E-state index in [0.717, 1.165) is 6.07 Å². The zero-order chi connectivity index (χ0) is 19.6. The van der Waals surface area contributed by atoms with E-state index in [0.29, 0.717) is 18.5 Å². The van der Waals surface area contributed by atoms with E-state index in [1.165, 1.54) is 29.2 Å². The number of anilines is 1. The molecule has 0 saturated heterocycles. The Balaban J connectivity index is 2.26. The van der Waals surface area contributed by atoms with E-state index < -0.39 is 23.8 Å². The predicted molar refractivity (Wildman–Crippen MR) is 91.8 cm³/mol. The number of aromatic nitrogens is 3. The lowest BCUT2D eigenvalue weighted by molar-refractivity contribution is -0.141. The molecule has 1 atom stereocenters. The van der Waals surface area contributed by atoms with Crippen molar-refractivity contribution in [3.05, 3.63) is 53.0 Å². The van der Waals surface area contributed by atoms with Crippen LogP contribution in [0.2, 0.25) is 0 Å². The first kappa shape index (κ1) is 18.9. The summed E-state index contributed by atoms with van der Waals surface area (Å²) in [7, 11) is 0. The molecule has 2 heterocycles. The van der Waals surface area contributed by atoms with Crippen molar-refractivity contribution in [1.29, 1.82) is 0 Å². The number of carbonyl (C=O) groups is 1. The number of halogens is 3. The van der Waals surface area contributed by atoms with Crippen molar-refractivity contribution < 1.29 is 22.7 Å². The number of fused-ring (bicyclic) bond motifs is 1. The Kier molecular flexibility index (Phi) is 5.20. The number of alkyl halides is 3. The Morgan fingerprint density at radius 3 is 2.70 bits per heavy atom. The van der Waals surface area contributed by atoms with E-state index in [1.54, 1.807) is 6.92 Å². The van der Waals surface area contributed by atoms with Gasteiger partial charge in [-0.25, -0.2) is 9.48 Å². The van der Waals surface area contributed by atoms with Crippen molar-refractivity contribution in [2.45, 2.75) is 38.9 Å². The molecular formula is C18H19F3N4O2. The summed E-state index contributed by atoms with van der Waals surface area (Å²) in [6.07, 6.45) is -2.19. The molecule has 6 nitrogen and oxygen atoms in total. The molecule has 144 valence electrons. The van der Waals surface area contributed by atoms with Gasteiger partial charge in [0.15, 0.2) is 0 Å². The molecule has 0 fully saturated rings. The van der Waals surface area contributed by atoms with Gasteiger partial charge in [-0.05, 0) is 25.0 Å². The van der Waals surface area contributed by atoms with Crippen LogP contribution in [0.3, 0.4) is 0 Å². The van der Waals surface area contributed by atoms with Crippen LogP contribution in [0.25, 0.3) is 0 Å². The minimum atomic E-state index is -4.58. The molecule has 1 aromatic heterocycles. The molecule has 0 saturated carbocycles. The third-order valence-corrected chi connectivity index (χ3v) is 4.24. The van der Waals surface area contributed by atoms with Crippen LogP contribution in [0, 0.1) is 0 Å². The van der Waals surface area contributed by atoms with Gasteiger partial charge < -0.3 is 10.1 Å². The molecule has 2 aromatic rings. The summed E-state index contributed by atoms with van der Waals surface area (Å²) in [5, 5.41) is 7.07. The number of esters is 1. The highest BCUT2D eigenvalue weighted by molar-refractivity contribution is 5.92.